The molecule has 6 heteroatoms. The largest absolute Gasteiger partial charge is 0.497 e. The molecule has 22 heavy (non-hydrogen) atoms. The molecule has 2 N–H and O–H groups in total. The van der Waals surface area contributed by atoms with Crippen molar-refractivity contribution in [2.45, 2.75) is 0 Å². The van der Waals surface area contributed by atoms with Gasteiger partial charge in [0.05, 0.1) is 25.9 Å². The topological polar surface area (TPSA) is 76.2 Å². The fourth-order valence-corrected chi connectivity index (χ4v) is 2.16. The van der Waals surface area contributed by atoms with E-state index < -0.39 is 0 Å². The lowest BCUT2D eigenvalue weighted by Crippen LogP contribution is -2.12. The molecule has 2 aromatic carbocycles. The summed E-state index contributed by atoms with van der Waals surface area (Å²) in [4.78, 5) is 12.4. The normalized spacial score (nSPS) is 10.5. The highest BCUT2D eigenvalue weighted by Gasteiger charge is 2.10. The first kappa shape index (κ1) is 13.9. The predicted molar refractivity (Wildman–Crippen MR) is 83.6 cm³/mol. The number of hydrogen-bond acceptors (Lipinski definition) is 4. The number of fused-ring (bicyclic) bond motifs is 1. The highest BCUT2D eigenvalue weighted by Crippen LogP contribution is 2.24. The minimum absolute atomic E-state index is 0.240. The molecule has 1 amide bonds. The predicted octanol–water partition coefficient (Wildman–Crippen LogP) is 2.83. The lowest BCUT2D eigenvalue weighted by atomic mass is 10.1. The number of methoxy groups -OCH3 is 2. The molecule has 3 rings (SSSR count). The zero-order valence-corrected chi connectivity index (χ0v) is 12.2. The van der Waals surface area contributed by atoms with Crippen molar-refractivity contribution in [3.05, 3.63) is 48.2 Å². The Morgan fingerprint density at radius 2 is 1.82 bits per heavy atom. The number of aromatic amines is 1. The van der Waals surface area contributed by atoms with Crippen molar-refractivity contribution >= 4 is 22.5 Å². The molecule has 0 aliphatic carbocycles. The molecule has 0 unspecified atom stereocenters. The third-order valence-electron chi connectivity index (χ3n) is 3.31. The smallest absolute Gasteiger partial charge is 0.255 e. The third-order valence-corrected chi connectivity index (χ3v) is 3.31. The van der Waals surface area contributed by atoms with Gasteiger partial charge in [0, 0.05) is 22.7 Å². The lowest BCUT2D eigenvalue weighted by molar-refractivity contribution is 0.102. The number of carbonyl (C=O) groups is 1. The van der Waals surface area contributed by atoms with Crippen LogP contribution in [0.25, 0.3) is 10.9 Å². The summed E-state index contributed by atoms with van der Waals surface area (Å²) in [6.07, 6.45) is 1.73. The molecular formula is C16H15N3O3. The Morgan fingerprint density at radius 1 is 1.09 bits per heavy atom. The highest BCUT2D eigenvalue weighted by atomic mass is 16.5. The Hall–Kier alpha value is -3.02. The van der Waals surface area contributed by atoms with E-state index in [1.54, 1.807) is 38.6 Å². The third kappa shape index (κ3) is 2.71. The minimum atomic E-state index is -0.240. The molecule has 1 heterocycles. The van der Waals surface area contributed by atoms with Crippen LogP contribution in [0.15, 0.2) is 42.6 Å². The van der Waals surface area contributed by atoms with Gasteiger partial charge >= 0.3 is 0 Å². The van der Waals surface area contributed by atoms with E-state index >= 15 is 0 Å². The number of amides is 1. The summed E-state index contributed by atoms with van der Waals surface area (Å²) < 4.78 is 10.3. The fraction of sp³-hybridized carbons (Fsp3) is 0.125. The van der Waals surface area contributed by atoms with Gasteiger partial charge in [-0.3, -0.25) is 9.89 Å². The number of H-pyrrole nitrogens is 1. The van der Waals surface area contributed by atoms with E-state index in [4.69, 9.17) is 9.47 Å². The van der Waals surface area contributed by atoms with Crippen molar-refractivity contribution < 1.29 is 14.3 Å². The highest BCUT2D eigenvalue weighted by molar-refractivity contribution is 6.05. The van der Waals surface area contributed by atoms with E-state index in [2.05, 4.69) is 15.5 Å². The average Bonchev–Trinajstić information content (AvgIpc) is 3.01. The molecular weight excluding hydrogens is 282 g/mol. The van der Waals surface area contributed by atoms with Gasteiger partial charge in [0.25, 0.3) is 5.91 Å². The Bertz CT molecular complexity index is 804. The molecule has 6 nitrogen and oxygen atoms in total. The SMILES string of the molecule is COc1cc(OC)cc(C(=O)Nc2ccc3cn[nH]c3c2)c1. The van der Waals surface area contributed by atoms with Gasteiger partial charge in [0.1, 0.15) is 11.5 Å². The number of benzene rings is 2. The molecule has 0 saturated heterocycles. The molecule has 1 aromatic heterocycles. The first-order chi connectivity index (χ1) is 10.7. The van der Waals surface area contributed by atoms with Crippen molar-refractivity contribution in [3.8, 4) is 11.5 Å². The monoisotopic (exact) mass is 297 g/mol. The van der Waals surface area contributed by atoms with Crippen molar-refractivity contribution in [2.24, 2.45) is 0 Å². The van der Waals surface area contributed by atoms with Crippen LogP contribution in [0.4, 0.5) is 5.69 Å². The molecule has 3 aromatic rings. The second-order valence-electron chi connectivity index (χ2n) is 4.73. The summed E-state index contributed by atoms with van der Waals surface area (Å²) in [7, 11) is 3.09. The van der Waals surface area contributed by atoms with Gasteiger partial charge in [-0.25, -0.2) is 0 Å². The summed E-state index contributed by atoms with van der Waals surface area (Å²) in [6, 6.07) is 10.6. The molecule has 0 radical (unpaired) electrons. The standard InChI is InChI=1S/C16H15N3O3/c1-21-13-5-11(6-14(8-13)22-2)16(20)18-12-4-3-10-9-17-19-15(10)7-12/h3-9H,1-2H3,(H,17,19)(H,18,20). The van der Waals surface area contributed by atoms with E-state index in [1.165, 1.54) is 0 Å². The number of ether oxygens (including phenoxy) is 2. The zero-order valence-electron chi connectivity index (χ0n) is 12.2. The number of anilines is 1. The second-order valence-corrected chi connectivity index (χ2v) is 4.73. The Balaban J connectivity index is 1.87. The van der Waals surface area contributed by atoms with Crippen molar-refractivity contribution in [3.63, 3.8) is 0 Å². The molecule has 0 atom stereocenters. The van der Waals surface area contributed by atoms with Crippen LogP contribution >= 0.6 is 0 Å². The summed E-state index contributed by atoms with van der Waals surface area (Å²) in [6.45, 7) is 0. The molecule has 112 valence electrons. The van der Waals surface area contributed by atoms with E-state index in [1.807, 2.05) is 18.2 Å². The van der Waals surface area contributed by atoms with Crippen LogP contribution in [0.5, 0.6) is 11.5 Å². The van der Waals surface area contributed by atoms with E-state index in [-0.39, 0.29) is 5.91 Å². The van der Waals surface area contributed by atoms with Gasteiger partial charge in [0.15, 0.2) is 0 Å². The fourth-order valence-electron chi connectivity index (χ4n) is 2.16. The van der Waals surface area contributed by atoms with Gasteiger partial charge in [-0.15, -0.1) is 0 Å². The van der Waals surface area contributed by atoms with Crippen LogP contribution in [0.3, 0.4) is 0 Å². The number of nitrogens with one attached hydrogen (secondary N) is 2. The second kappa shape index (κ2) is 5.77. The first-order valence-corrected chi connectivity index (χ1v) is 6.67. The summed E-state index contributed by atoms with van der Waals surface area (Å²) >= 11 is 0. The van der Waals surface area contributed by atoms with Gasteiger partial charge in [-0.05, 0) is 30.3 Å². The van der Waals surface area contributed by atoms with Crippen LogP contribution < -0.4 is 14.8 Å². The Kier molecular flexibility index (Phi) is 3.65. The lowest BCUT2D eigenvalue weighted by Gasteiger charge is -2.09. The number of aromatic nitrogens is 2. The average molecular weight is 297 g/mol. The van der Waals surface area contributed by atoms with Crippen molar-refractivity contribution in [1.29, 1.82) is 0 Å². The van der Waals surface area contributed by atoms with E-state index in [0.717, 1.165) is 10.9 Å². The van der Waals surface area contributed by atoms with Crippen LogP contribution in [-0.4, -0.2) is 30.3 Å². The zero-order chi connectivity index (χ0) is 15.5. The summed E-state index contributed by atoms with van der Waals surface area (Å²) in [5, 5.41) is 10.7. The van der Waals surface area contributed by atoms with Gasteiger partial charge in [-0.2, -0.15) is 5.10 Å². The van der Waals surface area contributed by atoms with E-state index in [0.29, 0.717) is 22.7 Å². The van der Waals surface area contributed by atoms with Crippen molar-refractivity contribution in [1.82, 2.24) is 10.2 Å². The molecule has 0 aliphatic heterocycles. The molecule has 0 fully saturated rings. The van der Waals surface area contributed by atoms with Crippen LogP contribution in [0.2, 0.25) is 0 Å². The molecule has 0 saturated carbocycles. The molecule has 0 bridgehead atoms. The molecule has 0 spiro atoms. The van der Waals surface area contributed by atoms with Gasteiger partial charge in [0.2, 0.25) is 0 Å². The Morgan fingerprint density at radius 3 is 2.50 bits per heavy atom. The van der Waals surface area contributed by atoms with Crippen LogP contribution in [0.1, 0.15) is 10.4 Å². The van der Waals surface area contributed by atoms with Crippen LogP contribution in [0, 0.1) is 0 Å². The van der Waals surface area contributed by atoms with E-state index in [9.17, 15) is 4.79 Å². The van der Waals surface area contributed by atoms with Gasteiger partial charge in [-0.1, -0.05) is 0 Å². The maximum Gasteiger partial charge on any atom is 0.255 e. The summed E-state index contributed by atoms with van der Waals surface area (Å²) in [5.74, 6) is 0.887. The maximum absolute atomic E-state index is 12.4. The maximum atomic E-state index is 12.4. The van der Waals surface area contributed by atoms with Crippen LogP contribution in [-0.2, 0) is 0 Å². The quantitative estimate of drug-likeness (QED) is 0.776. The number of carbonyl (C=O) groups excluding carboxylic acids is 1. The number of nitrogens with zero attached hydrogens (tertiary/aromatic N) is 1. The Labute approximate surface area is 127 Å². The van der Waals surface area contributed by atoms with Crippen molar-refractivity contribution in [2.75, 3.05) is 19.5 Å². The summed E-state index contributed by atoms with van der Waals surface area (Å²) in [5.41, 5.74) is 2.01. The first-order valence-electron chi connectivity index (χ1n) is 6.67. The number of hydrogen-bond donors (Lipinski definition) is 2. The van der Waals surface area contributed by atoms with Gasteiger partial charge < -0.3 is 14.8 Å². The molecule has 0 aliphatic rings. The minimum Gasteiger partial charge on any atom is -0.497 e. The number of rotatable bonds is 4.